The number of aliphatic hydroxyl groups is 1. The monoisotopic (exact) mass is 299 g/mol. The SMILES string of the molecule is CCOC(=O)C=Cc1ccc2cc(C3(O)CCC3)n(C)c2c1. The van der Waals surface area contributed by atoms with E-state index in [1.54, 1.807) is 13.0 Å². The highest BCUT2D eigenvalue weighted by Crippen LogP contribution is 2.42. The molecular formula is C18H21NO3. The third-order valence-electron chi connectivity index (χ3n) is 4.43. The van der Waals surface area contributed by atoms with E-state index in [4.69, 9.17) is 4.74 Å². The van der Waals surface area contributed by atoms with Crippen LogP contribution in [-0.2, 0) is 22.2 Å². The van der Waals surface area contributed by atoms with Crippen LogP contribution in [0.1, 0.15) is 37.4 Å². The van der Waals surface area contributed by atoms with Gasteiger partial charge in [-0.3, -0.25) is 0 Å². The molecule has 1 aromatic heterocycles. The van der Waals surface area contributed by atoms with E-state index in [-0.39, 0.29) is 5.97 Å². The summed E-state index contributed by atoms with van der Waals surface area (Å²) < 4.78 is 6.93. The highest BCUT2D eigenvalue weighted by atomic mass is 16.5. The fraction of sp³-hybridized carbons (Fsp3) is 0.389. The fourth-order valence-electron chi connectivity index (χ4n) is 3.02. The number of hydrogen-bond donors (Lipinski definition) is 1. The zero-order valence-electron chi connectivity index (χ0n) is 13.0. The first kappa shape index (κ1) is 14.9. The number of nitrogens with zero attached hydrogens (tertiary/aromatic N) is 1. The Morgan fingerprint density at radius 2 is 2.18 bits per heavy atom. The van der Waals surface area contributed by atoms with Crippen molar-refractivity contribution in [2.75, 3.05) is 6.61 Å². The number of esters is 1. The Labute approximate surface area is 130 Å². The van der Waals surface area contributed by atoms with Crippen molar-refractivity contribution < 1.29 is 14.6 Å². The quantitative estimate of drug-likeness (QED) is 0.697. The highest BCUT2D eigenvalue weighted by Gasteiger charge is 2.38. The van der Waals surface area contributed by atoms with Crippen molar-refractivity contribution in [3.8, 4) is 0 Å². The van der Waals surface area contributed by atoms with Gasteiger partial charge in [0.25, 0.3) is 0 Å². The minimum atomic E-state index is -0.672. The summed E-state index contributed by atoms with van der Waals surface area (Å²) in [7, 11) is 1.98. The van der Waals surface area contributed by atoms with Crippen molar-refractivity contribution >= 4 is 22.9 Å². The van der Waals surface area contributed by atoms with Crippen LogP contribution in [0.5, 0.6) is 0 Å². The topological polar surface area (TPSA) is 51.5 Å². The van der Waals surface area contributed by atoms with E-state index in [0.29, 0.717) is 6.61 Å². The van der Waals surface area contributed by atoms with Gasteiger partial charge in [0.2, 0.25) is 0 Å². The van der Waals surface area contributed by atoms with Crippen LogP contribution in [0, 0.1) is 0 Å². The lowest BCUT2D eigenvalue weighted by Gasteiger charge is -2.37. The molecule has 0 unspecified atom stereocenters. The van der Waals surface area contributed by atoms with E-state index in [1.165, 1.54) is 6.08 Å². The number of carbonyl (C=O) groups is 1. The van der Waals surface area contributed by atoms with Gasteiger partial charge in [-0.05, 0) is 55.3 Å². The molecule has 0 saturated heterocycles. The molecule has 0 bridgehead atoms. The summed E-state index contributed by atoms with van der Waals surface area (Å²) in [5, 5.41) is 11.7. The molecule has 4 nitrogen and oxygen atoms in total. The van der Waals surface area contributed by atoms with Crippen LogP contribution in [0.15, 0.2) is 30.3 Å². The molecule has 22 heavy (non-hydrogen) atoms. The third-order valence-corrected chi connectivity index (χ3v) is 4.43. The van der Waals surface area contributed by atoms with Crippen molar-refractivity contribution in [2.24, 2.45) is 7.05 Å². The Morgan fingerprint density at radius 1 is 1.41 bits per heavy atom. The maximum atomic E-state index is 11.4. The normalized spacial score (nSPS) is 16.9. The Hall–Kier alpha value is -2.07. The molecule has 1 heterocycles. The first-order valence-electron chi connectivity index (χ1n) is 7.71. The summed E-state index contributed by atoms with van der Waals surface area (Å²) in [5.41, 5.74) is 2.30. The van der Waals surface area contributed by atoms with Gasteiger partial charge in [0.05, 0.1) is 12.3 Å². The second-order valence-electron chi connectivity index (χ2n) is 5.88. The van der Waals surface area contributed by atoms with Crippen molar-refractivity contribution in [3.63, 3.8) is 0 Å². The largest absolute Gasteiger partial charge is 0.463 e. The number of aryl methyl sites for hydroxylation is 1. The molecule has 116 valence electrons. The minimum absolute atomic E-state index is 0.334. The molecule has 0 atom stereocenters. The van der Waals surface area contributed by atoms with Crippen LogP contribution in [0.2, 0.25) is 0 Å². The smallest absolute Gasteiger partial charge is 0.330 e. The van der Waals surface area contributed by atoms with Gasteiger partial charge in [0.15, 0.2) is 0 Å². The molecular weight excluding hydrogens is 278 g/mol. The fourth-order valence-corrected chi connectivity index (χ4v) is 3.02. The van der Waals surface area contributed by atoms with Crippen LogP contribution in [0.25, 0.3) is 17.0 Å². The zero-order valence-corrected chi connectivity index (χ0v) is 13.0. The summed E-state index contributed by atoms with van der Waals surface area (Å²) in [5.74, 6) is -0.334. The average molecular weight is 299 g/mol. The van der Waals surface area contributed by atoms with Crippen LogP contribution in [-0.4, -0.2) is 22.2 Å². The van der Waals surface area contributed by atoms with E-state index in [0.717, 1.165) is 41.4 Å². The molecule has 1 N–H and O–H groups in total. The minimum Gasteiger partial charge on any atom is -0.463 e. The number of benzene rings is 1. The van der Waals surface area contributed by atoms with Crippen molar-refractivity contribution in [2.45, 2.75) is 31.8 Å². The van der Waals surface area contributed by atoms with Crippen molar-refractivity contribution in [3.05, 3.63) is 41.6 Å². The molecule has 0 amide bonds. The third kappa shape index (κ3) is 2.55. The lowest BCUT2D eigenvalue weighted by Crippen LogP contribution is -2.35. The standard InChI is InChI=1S/C18H21NO3/c1-3-22-17(20)8-6-13-5-7-14-12-16(18(21)9-4-10-18)19(2)15(14)11-13/h5-8,11-12,21H,3-4,9-10H2,1-2H3. The highest BCUT2D eigenvalue weighted by molar-refractivity contribution is 5.89. The number of hydrogen-bond acceptors (Lipinski definition) is 3. The predicted octanol–water partition coefficient (Wildman–Crippen LogP) is 3.13. The molecule has 4 heteroatoms. The molecule has 3 rings (SSSR count). The Morgan fingerprint density at radius 3 is 2.82 bits per heavy atom. The molecule has 0 radical (unpaired) electrons. The second kappa shape index (κ2) is 5.61. The Bertz CT molecular complexity index is 738. The summed E-state index contributed by atoms with van der Waals surface area (Å²) in [4.78, 5) is 11.4. The molecule has 0 spiro atoms. The summed E-state index contributed by atoms with van der Waals surface area (Å²) in [6.45, 7) is 2.16. The van der Waals surface area contributed by atoms with E-state index in [1.807, 2.05) is 25.2 Å². The van der Waals surface area contributed by atoms with Gasteiger partial charge in [0.1, 0.15) is 5.60 Å². The van der Waals surface area contributed by atoms with Crippen molar-refractivity contribution in [1.82, 2.24) is 4.57 Å². The predicted molar refractivity (Wildman–Crippen MR) is 86.3 cm³/mol. The van der Waals surface area contributed by atoms with Crippen LogP contribution in [0.3, 0.4) is 0 Å². The summed E-state index contributed by atoms with van der Waals surface area (Å²) >= 11 is 0. The van der Waals surface area contributed by atoms with Gasteiger partial charge in [-0.1, -0.05) is 12.1 Å². The van der Waals surface area contributed by atoms with Gasteiger partial charge in [0, 0.05) is 18.6 Å². The molecule has 2 aromatic rings. The first-order chi connectivity index (χ1) is 10.5. The van der Waals surface area contributed by atoms with E-state index >= 15 is 0 Å². The maximum absolute atomic E-state index is 11.4. The number of ether oxygens (including phenoxy) is 1. The second-order valence-corrected chi connectivity index (χ2v) is 5.88. The molecule has 1 aromatic carbocycles. The number of rotatable bonds is 4. The van der Waals surface area contributed by atoms with Crippen LogP contribution in [0.4, 0.5) is 0 Å². The van der Waals surface area contributed by atoms with Gasteiger partial charge in [-0.15, -0.1) is 0 Å². The lowest BCUT2D eigenvalue weighted by atomic mass is 9.78. The van der Waals surface area contributed by atoms with E-state index in [2.05, 4.69) is 10.6 Å². The molecule has 1 aliphatic rings. The summed E-state index contributed by atoms with van der Waals surface area (Å²) in [6, 6.07) is 8.07. The van der Waals surface area contributed by atoms with Gasteiger partial charge >= 0.3 is 5.97 Å². The zero-order chi connectivity index (χ0) is 15.7. The number of carbonyl (C=O) groups excluding carboxylic acids is 1. The summed E-state index contributed by atoms with van der Waals surface area (Å²) in [6.07, 6.45) is 5.92. The van der Waals surface area contributed by atoms with Crippen LogP contribution < -0.4 is 0 Å². The molecule has 1 aliphatic carbocycles. The Balaban J connectivity index is 1.93. The molecule has 1 fully saturated rings. The number of aromatic nitrogens is 1. The Kier molecular flexibility index (Phi) is 3.79. The van der Waals surface area contributed by atoms with Crippen molar-refractivity contribution in [1.29, 1.82) is 0 Å². The first-order valence-corrected chi connectivity index (χ1v) is 7.71. The maximum Gasteiger partial charge on any atom is 0.330 e. The van der Waals surface area contributed by atoms with Gasteiger partial charge in [-0.25, -0.2) is 4.79 Å². The van der Waals surface area contributed by atoms with Gasteiger partial charge < -0.3 is 14.4 Å². The van der Waals surface area contributed by atoms with E-state index in [9.17, 15) is 9.90 Å². The van der Waals surface area contributed by atoms with Gasteiger partial charge in [-0.2, -0.15) is 0 Å². The molecule has 0 aliphatic heterocycles. The average Bonchev–Trinajstić information content (AvgIpc) is 2.80. The molecule has 1 saturated carbocycles. The number of fused-ring (bicyclic) bond motifs is 1. The lowest BCUT2D eigenvalue weighted by molar-refractivity contribution is -0.137. The van der Waals surface area contributed by atoms with E-state index < -0.39 is 5.60 Å². The van der Waals surface area contributed by atoms with Crippen LogP contribution >= 0.6 is 0 Å².